The Bertz CT molecular complexity index is 453. The van der Waals surface area contributed by atoms with E-state index in [0.29, 0.717) is 18.6 Å². The molecular weight excluding hydrogens is 316 g/mol. The van der Waals surface area contributed by atoms with Crippen molar-refractivity contribution >= 4 is 11.8 Å². The van der Waals surface area contributed by atoms with Crippen LogP contribution in [0.5, 0.6) is 0 Å². The van der Waals surface area contributed by atoms with E-state index >= 15 is 0 Å². The zero-order chi connectivity index (χ0) is 18.5. The molecule has 0 aliphatic heterocycles. The molecule has 25 heavy (non-hydrogen) atoms. The van der Waals surface area contributed by atoms with E-state index in [9.17, 15) is 14.7 Å². The molecule has 142 valence electrons. The lowest BCUT2D eigenvalue weighted by molar-refractivity contribution is -0.140. The Morgan fingerprint density at radius 2 is 2.12 bits per heavy atom. The maximum Gasteiger partial charge on any atom is 0.305 e. The summed E-state index contributed by atoms with van der Waals surface area (Å²) in [6.07, 6.45) is 16.1. The average Bonchev–Trinajstić information content (AvgIpc) is 2.96. The van der Waals surface area contributed by atoms with Crippen molar-refractivity contribution in [3.63, 3.8) is 0 Å². The lowest BCUT2D eigenvalue weighted by Crippen LogP contribution is -2.13. The van der Waals surface area contributed by atoms with Gasteiger partial charge in [0.15, 0.2) is 0 Å². The van der Waals surface area contributed by atoms with Crippen LogP contribution in [0.15, 0.2) is 24.3 Å². The van der Waals surface area contributed by atoms with E-state index in [1.54, 1.807) is 0 Å². The summed E-state index contributed by atoms with van der Waals surface area (Å²) in [5, 5.41) is 10.0. The van der Waals surface area contributed by atoms with Gasteiger partial charge in [-0.15, -0.1) is 0 Å². The number of carbonyl (C=O) groups excluding carboxylic acids is 2. The lowest BCUT2D eigenvalue weighted by Gasteiger charge is -2.13. The maximum atomic E-state index is 12.1. The molecule has 1 aliphatic rings. The zero-order valence-electron chi connectivity index (χ0n) is 15.8. The third-order valence-corrected chi connectivity index (χ3v) is 4.87. The molecule has 1 unspecified atom stereocenters. The fraction of sp³-hybridized carbons (Fsp3) is 0.714. The number of aliphatic hydroxyl groups excluding tert-OH is 1. The highest BCUT2D eigenvalue weighted by atomic mass is 16.5. The number of rotatable bonds is 12. The Morgan fingerprint density at radius 3 is 2.84 bits per heavy atom. The molecule has 0 aromatic rings. The number of methoxy groups -OCH3 is 1. The van der Waals surface area contributed by atoms with E-state index in [-0.39, 0.29) is 17.8 Å². The van der Waals surface area contributed by atoms with Gasteiger partial charge in [-0.3, -0.25) is 9.59 Å². The largest absolute Gasteiger partial charge is 0.469 e. The predicted molar refractivity (Wildman–Crippen MR) is 100 cm³/mol. The summed E-state index contributed by atoms with van der Waals surface area (Å²) in [4.78, 5) is 23.1. The number of aliphatic hydroxyl groups is 1. The van der Waals surface area contributed by atoms with Crippen LogP contribution in [0, 0.1) is 11.8 Å². The van der Waals surface area contributed by atoms with Crippen LogP contribution in [0.4, 0.5) is 0 Å². The lowest BCUT2D eigenvalue weighted by atomic mass is 9.91. The molecule has 1 N–H and O–H groups in total. The van der Waals surface area contributed by atoms with Crippen LogP contribution in [0.3, 0.4) is 0 Å². The second kappa shape index (κ2) is 12.9. The summed E-state index contributed by atoms with van der Waals surface area (Å²) in [7, 11) is 1.40. The molecule has 1 fully saturated rings. The first-order chi connectivity index (χ1) is 12.1. The van der Waals surface area contributed by atoms with E-state index in [1.807, 2.05) is 6.08 Å². The molecule has 4 heteroatoms. The van der Waals surface area contributed by atoms with Crippen molar-refractivity contribution in [3.05, 3.63) is 24.3 Å². The number of ketones is 1. The van der Waals surface area contributed by atoms with Gasteiger partial charge in [-0.25, -0.2) is 0 Å². The number of ether oxygens (including phenoxy) is 1. The first-order valence-electron chi connectivity index (χ1n) is 9.69. The van der Waals surface area contributed by atoms with Gasteiger partial charge in [-0.2, -0.15) is 0 Å². The summed E-state index contributed by atoms with van der Waals surface area (Å²) < 4.78 is 4.61. The first-order valence-corrected chi connectivity index (χ1v) is 9.69. The number of allylic oxidation sites excluding steroid dienone is 3. The number of hydrogen-bond donors (Lipinski definition) is 1. The highest BCUT2D eigenvalue weighted by molar-refractivity contribution is 5.83. The highest BCUT2D eigenvalue weighted by Crippen LogP contribution is 2.33. The van der Waals surface area contributed by atoms with Crippen LogP contribution in [0.2, 0.25) is 0 Å². The maximum absolute atomic E-state index is 12.1. The van der Waals surface area contributed by atoms with Crippen molar-refractivity contribution in [2.75, 3.05) is 7.11 Å². The van der Waals surface area contributed by atoms with E-state index < -0.39 is 6.10 Å². The number of carbonyl (C=O) groups is 2. The van der Waals surface area contributed by atoms with Crippen LogP contribution < -0.4 is 0 Å². The monoisotopic (exact) mass is 350 g/mol. The minimum absolute atomic E-state index is 0.0379. The van der Waals surface area contributed by atoms with Crippen molar-refractivity contribution in [1.82, 2.24) is 0 Å². The zero-order valence-corrected chi connectivity index (χ0v) is 15.8. The molecule has 0 saturated heterocycles. The van der Waals surface area contributed by atoms with Gasteiger partial charge in [0.05, 0.1) is 13.2 Å². The van der Waals surface area contributed by atoms with Gasteiger partial charge in [0.1, 0.15) is 5.78 Å². The minimum Gasteiger partial charge on any atom is -0.469 e. The van der Waals surface area contributed by atoms with E-state index in [1.165, 1.54) is 7.11 Å². The summed E-state index contributed by atoms with van der Waals surface area (Å²) in [6.45, 7) is 2.15. The number of Topliss-reactive ketones (excluding diaryl/α,β-unsaturated/α-hetero) is 1. The molecule has 0 amide bonds. The third-order valence-electron chi connectivity index (χ3n) is 4.87. The molecule has 0 aromatic carbocycles. The van der Waals surface area contributed by atoms with Crippen LogP contribution >= 0.6 is 0 Å². The Morgan fingerprint density at radius 1 is 1.32 bits per heavy atom. The first kappa shape index (κ1) is 21.6. The molecular formula is C21H34O4. The van der Waals surface area contributed by atoms with Crippen LogP contribution in [0.1, 0.15) is 71.1 Å². The Hall–Kier alpha value is -1.42. The number of unbranched alkanes of at least 4 members (excludes halogenated alkanes) is 3. The average molecular weight is 350 g/mol. The van der Waals surface area contributed by atoms with Crippen molar-refractivity contribution in [1.29, 1.82) is 0 Å². The van der Waals surface area contributed by atoms with Crippen LogP contribution in [-0.4, -0.2) is 30.1 Å². The molecule has 3 atom stereocenters. The Balaban J connectivity index is 2.35. The molecule has 0 heterocycles. The second-order valence-electron chi connectivity index (χ2n) is 6.90. The summed E-state index contributed by atoms with van der Waals surface area (Å²) in [6, 6.07) is 0. The van der Waals surface area contributed by atoms with Crippen molar-refractivity contribution in [2.45, 2.75) is 77.2 Å². The molecule has 1 aliphatic carbocycles. The molecule has 1 saturated carbocycles. The molecule has 0 bridgehead atoms. The van der Waals surface area contributed by atoms with Crippen LogP contribution in [0.25, 0.3) is 0 Å². The quantitative estimate of drug-likeness (QED) is 0.322. The topological polar surface area (TPSA) is 63.6 Å². The van der Waals surface area contributed by atoms with Gasteiger partial charge < -0.3 is 9.84 Å². The number of hydrogen-bond acceptors (Lipinski definition) is 4. The van der Waals surface area contributed by atoms with Gasteiger partial charge in [-0.05, 0) is 38.0 Å². The minimum atomic E-state index is -0.392. The number of esters is 1. The molecule has 0 spiro atoms. The van der Waals surface area contributed by atoms with Crippen LogP contribution in [-0.2, 0) is 14.3 Å². The summed E-state index contributed by atoms with van der Waals surface area (Å²) >= 11 is 0. The normalized spacial score (nSPS) is 22.1. The van der Waals surface area contributed by atoms with E-state index in [4.69, 9.17) is 0 Å². The Kier molecular flexibility index (Phi) is 11.1. The van der Waals surface area contributed by atoms with Gasteiger partial charge in [-0.1, -0.05) is 50.5 Å². The van der Waals surface area contributed by atoms with Gasteiger partial charge in [0.2, 0.25) is 0 Å². The predicted octanol–water partition coefficient (Wildman–Crippen LogP) is 4.37. The molecule has 0 aromatic heterocycles. The SMILES string of the molecule is CCCCCC(O)C=C[C@@H]1CCC(=O)[C@H]1CC=CCCCC(=O)OC. The third kappa shape index (κ3) is 9.01. The van der Waals surface area contributed by atoms with Gasteiger partial charge in [0.25, 0.3) is 0 Å². The van der Waals surface area contributed by atoms with Gasteiger partial charge in [0, 0.05) is 18.8 Å². The molecule has 4 nitrogen and oxygen atoms in total. The second-order valence-corrected chi connectivity index (χ2v) is 6.90. The van der Waals surface area contributed by atoms with Crippen molar-refractivity contribution in [3.8, 4) is 0 Å². The van der Waals surface area contributed by atoms with Crippen molar-refractivity contribution < 1.29 is 19.4 Å². The van der Waals surface area contributed by atoms with Gasteiger partial charge >= 0.3 is 5.97 Å². The smallest absolute Gasteiger partial charge is 0.305 e. The highest BCUT2D eigenvalue weighted by Gasteiger charge is 2.31. The molecule has 0 radical (unpaired) electrons. The molecule has 1 rings (SSSR count). The standard InChI is InChI=1S/C21H34O4/c1-3-4-7-10-18(22)15-13-17-14-16-20(23)19(17)11-8-5-6-9-12-21(24)25-2/h5,8,13,15,17-19,22H,3-4,6-7,9-12,14,16H2,1-2H3/t17-,18?,19+/m1/s1. The van der Waals surface area contributed by atoms with Crippen molar-refractivity contribution in [2.24, 2.45) is 11.8 Å². The fourth-order valence-corrected chi connectivity index (χ4v) is 3.27. The summed E-state index contributed by atoms with van der Waals surface area (Å²) in [5.41, 5.74) is 0. The van der Waals surface area contributed by atoms with E-state index in [0.717, 1.165) is 51.4 Å². The Labute approximate surface area is 152 Å². The van der Waals surface area contributed by atoms with E-state index in [2.05, 4.69) is 29.9 Å². The summed E-state index contributed by atoms with van der Waals surface area (Å²) in [5.74, 6) is 0.431. The fourth-order valence-electron chi connectivity index (χ4n) is 3.27.